The lowest BCUT2D eigenvalue weighted by atomic mass is 9.76. The summed E-state index contributed by atoms with van der Waals surface area (Å²) in [4.78, 5) is 52.5. The van der Waals surface area contributed by atoms with Crippen LogP contribution in [-0.2, 0) is 24.7 Å². The van der Waals surface area contributed by atoms with E-state index in [0.717, 1.165) is 0 Å². The second kappa shape index (κ2) is 5.88. The number of hydrogen-bond acceptors (Lipinski definition) is 5. The van der Waals surface area contributed by atoms with E-state index in [2.05, 4.69) is 10.6 Å². The number of nitrogens with zero attached hydrogens (tertiary/aromatic N) is 1. The van der Waals surface area contributed by atoms with Gasteiger partial charge in [-0.1, -0.05) is 18.2 Å². The lowest BCUT2D eigenvalue weighted by Gasteiger charge is -2.34. The monoisotopic (exact) mass is 384 g/mol. The molecule has 28 heavy (non-hydrogen) atoms. The molecule has 0 aliphatic carbocycles. The molecule has 8 nitrogen and oxygen atoms in total. The lowest BCUT2D eigenvalue weighted by Crippen LogP contribution is -2.55. The molecule has 0 saturated carbocycles. The molecule has 3 heterocycles. The molecule has 4 amide bonds. The first-order valence-corrected chi connectivity index (χ1v) is 9.44. The van der Waals surface area contributed by atoms with Crippen molar-refractivity contribution in [1.82, 2.24) is 10.2 Å². The number of para-hydroxylation sites is 1. The van der Waals surface area contributed by atoms with E-state index >= 15 is 0 Å². The zero-order valence-corrected chi connectivity index (χ0v) is 16.1. The van der Waals surface area contributed by atoms with Gasteiger partial charge in [-0.3, -0.25) is 29.4 Å². The topological polar surface area (TPSA) is 122 Å². The predicted molar refractivity (Wildman–Crippen MR) is 101 cm³/mol. The quantitative estimate of drug-likeness (QED) is 0.654. The number of benzene rings is 1. The Morgan fingerprint density at radius 3 is 2.50 bits per heavy atom. The third-order valence-corrected chi connectivity index (χ3v) is 5.99. The summed E-state index contributed by atoms with van der Waals surface area (Å²) in [6.07, 6.45) is 0.349. The number of carbonyl (C=O) groups excluding carboxylic acids is 4. The van der Waals surface area contributed by atoms with Crippen molar-refractivity contribution in [3.05, 3.63) is 29.8 Å². The standard InChI is InChI=1S/C20H24N4O4/c1-19(2,3)24-16(26)14-12(8-9-13(21)25)23-20(15(14)17(24)27)10-6-4-5-7-11(10)22-18(20)28/h4-7,12,14-15,23H,8-9H2,1-3H3,(H2,21,25)(H,22,28)/t12-,14+,15-,20+/m0/s1. The first-order valence-electron chi connectivity index (χ1n) is 9.44. The number of primary amides is 1. The first kappa shape index (κ1) is 18.6. The van der Waals surface area contributed by atoms with Gasteiger partial charge in [-0.2, -0.15) is 0 Å². The molecule has 3 aliphatic heterocycles. The normalized spacial score (nSPS) is 31.3. The maximum atomic E-state index is 13.4. The highest BCUT2D eigenvalue weighted by Gasteiger charge is 2.71. The van der Waals surface area contributed by atoms with Gasteiger partial charge < -0.3 is 11.1 Å². The van der Waals surface area contributed by atoms with Crippen LogP contribution in [-0.4, -0.2) is 40.1 Å². The maximum absolute atomic E-state index is 13.4. The molecule has 8 heteroatoms. The van der Waals surface area contributed by atoms with E-state index in [1.807, 2.05) is 0 Å². The number of hydrogen-bond donors (Lipinski definition) is 3. The van der Waals surface area contributed by atoms with Crippen molar-refractivity contribution in [3.63, 3.8) is 0 Å². The molecule has 0 unspecified atom stereocenters. The van der Waals surface area contributed by atoms with E-state index in [1.165, 1.54) is 4.90 Å². The summed E-state index contributed by atoms with van der Waals surface area (Å²) in [5.74, 6) is -3.08. The van der Waals surface area contributed by atoms with Crippen LogP contribution >= 0.6 is 0 Å². The van der Waals surface area contributed by atoms with Crippen LogP contribution in [0.3, 0.4) is 0 Å². The highest BCUT2D eigenvalue weighted by Crippen LogP contribution is 2.54. The molecule has 2 fully saturated rings. The van der Waals surface area contributed by atoms with Crippen molar-refractivity contribution in [2.24, 2.45) is 17.6 Å². The largest absolute Gasteiger partial charge is 0.370 e. The van der Waals surface area contributed by atoms with E-state index in [0.29, 0.717) is 11.3 Å². The molecule has 1 aromatic rings. The second-order valence-electron chi connectivity index (χ2n) is 8.75. The van der Waals surface area contributed by atoms with E-state index in [-0.39, 0.29) is 30.6 Å². The third kappa shape index (κ3) is 2.33. The van der Waals surface area contributed by atoms with E-state index in [1.54, 1.807) is 45.0 Å². The molecule has 0 bridgehead atoms. The van der Waals surface area contributed by atoms with Crippen LogP contribution in [0.25, 0.3) is 0 Å². The van der Waals surface area contributed by atoms with Gasteiger partial charge >= 0.3 is 0 Å². The van der Waals surface area contributed by atoms with Crippen molar-refractivity contribution in [2.45, 2.75) is 50.7 Å². The van der Waals surface area contributed by atoms with Gasteiger partial charge in [0, 0.05) is 29.3 Å². The molecule has 3 aliphatic rings. The molecular weight excluding hydrogens is 360 g/mol. The summed E-state index contributed by atoms with van der Waals surface area (Å²) in [5, 5.41) is 6.12. The van der Waals surface area contributed by atoms with Gasteiger partial charge in [0.25, 0.3) is 0 Å². The molecule has 0 aromatic heterocycles. The molecule has 1 spiro atoms. The number of nitrogens with two attached hydrogens (primary N) is 1. The Labute approximate surface area is 162 Å². The Balaban J connectivity index is 1.86. The molecule has 4 N–H and O–H groups in total. The fourth-order valence-electron chi connectivity index (χ4n) is 4.97. The van der Waals surface area contributed by atoms with Crippen LogP contribution in [0.5, 0.6) is 0 Å². The number of likely N-dealkylation sites (tertiary alicyclic amines) is 1. The highest BCUT2D eigenvalue weighted by atomic mass is 16.2. The minimum atomic E-state index is -1.32. The number of amides is 4. The molecule has 1 aromatic carbocycles. The van der Waals surface area contributed by atoms with Crippen molar-refractivity contribution in [3.8, 4) is 0 Å². The van der Waals surface area contributed by atoms with Gasteiger partial charge in [0.15, 0.2) is 0 Å². The summed E-state index contributed by atoms with van der Waals surface area (Å²) < 4.78 is 0. The summed E-state index contributed by atoms with van der Waals surface area (Å²) in [5.41, 5.74) is 4.57. The number of rotatable bonds is 3. The number of imide groups is 1. The van der Waals surface area contributed by atoms with E-state index in [9.17, 15) is 19.2 Å². The minimum absolute atomic E-state index is 0.0667. The first-order chi connectivity index (χ1) is 13.1. The van der Waals surface area contributed by atoms with Crippen LogP contribution in [0.15, 0.2) is 24.3 Å². The van der Waals surface area contributed by atoms with Crippen LogP contribution in [0.4, 0.5) is 5.69 Å². The highest BCUT2D eigenvalue weighted by molar-refractivity contribution is 6.15. The Kier molecular flexibility index (Phi) is 3.91. The second-order valence-corrected chi connectivity index (χ2v) is 8.75. The van der Waals surface area contributed by atoms with E-state index < -0.39 is 34.9 Å². The minimum Gasteiger partial charge on any atom is -0.370 e. The van der Waals surface area contributed by atoms with Gasteiger partial charge in [0.1, 0.15) is 5.54 Å². The summed E-state index contributed by atoms with van der Waals surface area (Å²) in [6.45, 7) is 5.39. The molecule has 0 radical (unpaired) electrons. The van der Waals surface area contributed by atoms with Gasteiger partial charge in [-0.15, -0.1) is 0 Å². The average Bonchev–Trinajstić information content (AvgIpc) is 3.17. The number of carbonyl (C=O) groups is 4. The fourth-order valence-corrected chi connectivity index (χ4v) is 4.97. The fraction of sp³-hybridized carbons (Fsp3) is 0.500. The molecule has 2 saturated heterocycles. The summed E-state index contributed by atoms with van der Waals surface area (Å²) in [6, 6.07) is 6.68. The van der Waals surface area contributed by atoms with Crippen molar-refractivity contribution >= 4 is 29.3 Å². The van der Waals surface area contributed by atoms with Crippen LogP contribution in [0.1, 0.15) is 39.2 Å². The Bertz CT molecular complexity index is 906. The Hall–Kier alpha value is -2.74. The summed E-state index contributed by atoms with van der Waals surface area (Å²) >= 11 is 0. The maximum Gasteiger partial charge on any atom is 0.250 e. The predicted octanol–water partition coefficient (Wildman–Crippen LogP) is 0.471. The molecule has 148 valence electrons. The summed E-state index contributed by atoms with van der Waals surface area (Å²) in [7, 11) is 0. The SMILES string of the molecule is CC(C)(C)N1C(=O)[C@@H]2[C@H](CCC(N)=O)N[C@@]3(C(=O)Nc4ccccc43)[C@@H]2C1=O. The smallest absolute Gasteiger partial charge is 0.250 e. The number of anilines is 1. The lowest BCUT2D eigenvalue weighted by molar-refractivity contribution is -0.148. The number of fused-ring (bicyclic) bond motifs is 4. The van der Waals surface area contributed by atoms with Gasteiger partial charge in [-0.05, 0) is 33.3 Å². The van der Waals surface area contributed by atoms with Crippen LogP contribution in [0, 0.1) is 11.8 Å². The molecular formula is C20H24N4O4. The number of nitrogens with one attached hydrogen (secondary N) is 2. The Morgan fingerprint density at radius 2 is 1.86 bits per heavy atom. The zero-order valence-electron chi connectivity index (χ0n) is 16.1. The third-order valence-electron chi connectivity index (χ3n) is 5.99. The van der Waals surface area contributed by atoms with E-state index in [4.69, 9.17) is 5.73 Å². The van der Waals surface area contributed by atoms with Gasteiger partial charge in [-0.25, -0.2) is 0 Å². The molecule has 4 atom stereocenters. The van der Waals surface area contributed by atoms with Crippen molar-refractivity contribution in [1.29, 1.82) is 0 Å². The molecule has 4 rings (SSSR count). The van der Waals surface area contributed by atoms with Gasteiger partial charge in [0.2, 0.25) is 23.6 Å². The van der Waals surface area contributed by atoms with Crippen molar-refractivity contribution < 1.29 is 19.2 Å². The van der Waals surface area contributed by atoms with Crippen molar-refractivity contribution in [2.75, 3.05) is 5.32 Å². The zero-order chi connectivity index (χ0) is 20.4. The van der Waals surface area contributed by atoms with Gasteiger partial charge in [0.05, 0.1) is 11.8 Å². The Morgan fingerprint density at radius 1 is 1.18 bits per heavy atom. The van der Waals surface area contributed by atoms with Crippen LogP contribution in [0.2, 0.25) is 0 Å². The average molecular weight is 384 g/mol. The van der Waals surface area contributed by atoms with Crippen LogP contribution < -0.4 is 16.4 Å².